The Balaban J connectivity index is 0.00000205. The molecular weight excluding hydrogens is 482 g/mol. The maximum Gasteiger partial charge on any atom is 0.407 e. The summed E-state index contributed by atoms with van der Waals surface area (Å²) in [7, 11) is 5.63. The number of hydrogen-bond acceptors (Lipinski definition) is 4. The number of nitrogens with one attached hydrogen (secondary N) is 1. The molecule has 0 aromatic rings. The highest BCUT2D eigenvalue weighted by atomic mass is 16.6. The molecule has 4 aliphatic rings. The third-order valence-corrected chi connectivity index (χ3v) is 11.6. The number of allylic oxidation sites excluding steroid dienone is 1. The van der Waals surface area contributed by atoms with Crippen molar-refractivity contribution in [2.24, 2.45) is 52.1 Å². The number of carbonyl (C=O) groups is 1. The van der Waals surface area contributed by atoms with Crippen molar-refractivity contribution in [1.82, 2.24) is 10.2 Å². The largest absolute Gasteiger partial charge is 0.446 e. The van der Waals surface area contributed by atoms with Crippen LogP contribution >= 0.6 is 0 Å². The van der Waals surface area contributed by atoms with E-state index in [-0.39, 0.29) is 12.2 Å². The van der Waals surface area contributed by atoms with Gasteiger partial charge in [-0.15, -0.1) is 0 Å². The molecule has 5 heteroatoms. The highest BCUT2D eigenvalue weighted by molar-refractivity contribution is 5.67. The fourth-order valence-corrected chi connectivity index (χ4v) is 9.53. The Hall–Kier alpha value is -1.07. The van der Waals surface area contributed by atoms with Gasteiger partial charge >= 0.3 is 6.09 Å². The second-order valence-electron chi connectivity index (χ2n) is 14.6. The summed E-state index contributed by atoms with van der Waals surface area (Å²) in [5, 5.41) is 2.97. The molecule has 0 aliphatic heterocycles. The van der Waals surface area contributed by atoms with Crippen molar-refractivity contribution in [3.63, 3.8) is 0 Å². The van der Waals surface area contributed by atoms with Crippen LogP contribution in [-0.2, 0) is 4.74 Å². The zero-order valence-electron chi connectivity index (χ0n) is 26.9. The van der Waals surface area contributed by atoms with E-state index in [2.05, 4.69) is 70.7 Å². The molecule has 8 unspecified atom stereocenters. The number of carbonyl (C=O) groups excluding carboxylic acids is 1. The molecule has 0 spiro atoms. The minimum atomic E-state index is -0.227. The molecular formula is C34H63N3O2. The van der Waals surface area contributed by atoms with Crippen LogP contribution in [0.25, 0.3) is 0 Å². The van der Waals surface area contributed by atoms with Gasteiger partial charge in [0.05, 0.1) is 0 Å². The zero-order chi connectivity index (χ0) is 28.8. The zero-order valence-corrected chi connectivity index (χ0v) is 26.9. The number of rotatable bonds is 10. The Morgan fingerprint density at radius 1 is 1.05 bits per heavy atom. The lowest BCUT2D eigenvalue weighted by Crippen LogP contribution is -2.51. The van der Waals surface area contributed by atoms with Gasteiger partial charge < -0.3 is 20.7 Å². The second kappa shape index (κ2) is 14.2. The third kappa shape index (κ3) is 7.42. The molecule has 0 heterocycles. The highest BCUT2D eigenvalue weighted by Gasteiger charge is 2.59. The van der Waals surface area contributed by atoms with Gasteiger partial charge in [-0.1, -0.05) is 65.5 Å². The summed E-state index contributed by atoms with van der Waals surface area (Å²) in [6, 6.07) is 0. The van der Waals surface area contributed by atoms with Crippen LogP contribution in [0.4, 0.5) is 4.79 Å². The van der Waals surface area contributed by atoms with Crippen molar-refractivity contribution in [3.05, 3.63) is 11.6 Å². The van der Waals surface area contributed by atoms with Crippen molar-refractivity contribution in [2.75, 3.05) is 34.2 Å². The molecule has 226 valence electrons. The van der Waals surface area contributed by atoms with E-state index in [1.54, 1.807) is 5.57 Å². The number of fused-ring (bicyclic) bond motifs is 5. The van der Waals surface area contributed by atoms with E-state index < -0.39 is 0 Å². The predicted molar refractivity (Wildman–Crippen MR) is 165 cm³/mol. The topological polar surface area (TPSA) is 67.6 Å². The molecule has 0 saturated heterocycles. The summed E-state index contributed by atoms with van der Waals surface area (Å²) in [5.41, 5.74) is 6.96. The number of alkyl carbamates (subject to hydrolysis) is 1. The van der Waals surface area contributed by atoms with E-state index in [0.29, 0.717) is 17.4 Å². The van der Waals surface area contributed by atoms with Gasteiger partial charge in [0.25, 0.3) is 0 Å². The Morgan fingerprint density at radius 3 is 2.49 bits per heavy atom. The number of amides is 1. The smallest absolute Gasteiger partial charge is 0.407 e. The van der Waals surface area contributed by atoms with Gasteiger partial charge in [0.2, 0.25) is 0 Å². The summed E-state index contributed by atoms with van der Waals surface area (Å²) in [6.45, 7) is 14.2. The number of hydrogen-bond donors (Lipinski definition) is 2. The van der Waals surface area contributed by atoms with Gasteiger partial charge in [-0.05, 0) is 125 Å². The van der Waals surface area contributed by atoms with Gasteiger partial charge in [-0.25, -0.2) is 4.79 Å². The molecule has 0 radical (unpaired) electrons. The molecule has 8 atom stereocenters. The van der Waals surface area contributed by atoms with Crippen LogP contribution in [0.3, 0.4) is 0 Å². The van der Waals surface area contributed by atoms with Crippen LogP contribution in [0, 0.1) is 46.3 Å². The average molecular weight is 546 g/mol. The van der Waals surface area contributed by atoms with Crippen molar-refractivity contribution < 1.29 is 9.53 Å². The first kappa shape index (κ1) is 32.4. The summed E-state index contributed by atoms with van der Waals surface area (Å²) in [4.78, 5) is 14.5. The summed E-state index contributed by atoms with van der Waals surface area (Å²) in [5.74, 6) is 5.21. The molecule has 4 rings (SSSR count). The fraction of sp³-hybridized carbons (Fsp3) is 0.912. The molecule has 5 nitrogen and oxygen atoms in total. The summed E-state index contributed by atoms with van der Waals surface area (Å²) in [6.07, 6.45) is 17.7. The van der Waals surface area contributed by atoms with Gasteiger partial charge in [-0.3, -0.25) is 0 Å². The molecule has 3 N–H and O–H groups in total. The van der Waals surface area contributed by atoms with E-state index in [4.69, 9.17) is 4.74 Å². The van der Waals surface area contributed by atoms with Crippen LogP contribution < -0.4 is 11.1 Å². The van der Waals surface area contributed by atoms with Crippen LogP contribution in [0.1, 0.15) is 112 Å². The van der Waals surface area contributed by atoms with Crippen molar-refractivity contribution >= 4 is 6.09 Å². The normalized spacial score (nSPS) is 36.2. The quantitative estimate of drug-likeness (QED) is 0.218. The van der Waals surface area contributed by atoms with Gasteiger partial charge in [-0.2, -0.15) is 0 Å². The Bertz CT molecular complexity index is 810. The van der Waals surface area contributed by atoms with Crippen molar-refractivity contribution in [2.45, 2.75) is 118 Å². The first-order valence-electron chi connectivity index (χ1n) is 16.4. The molecule has 3 fully saturated rings. The summed E-state index contributed by atoms with van der Waals surface area (Å²) >= 11 is 0. The average Bonchev–Trinajstić information content (AvgIpc) is 3.25. The van der Waals surface area contributed by atoms with Gasteiger partial charge in [0.1, 0.15) is 6.10 Å². The molecule has 39 heavy (non-hydrogen) atoms. The molecule has 0 aromatic heterocycles. The molecule has 0 bridgehead atoms. The van der Waals surface area contributed by atoms with Crippen molar-refractivity contribution in [3.8, 4) is 0 Å². The minimum absolute atomic E-state index is 0.0427. The maximum absolute atomic E-state index is 12.4. The number of ether oxygens (including phenoxy) is 1. The van der Waals surface area contributed by atoms with E-state index in [1.165, 1.54) is 64.8 Å². The van der Waals surface area contributed by atoms with Crippen LogP contribution in [0.5, 0.6) is 0 Å². The Kier molecular flexibility index (Phi) is 11.8. The van der Waals surface area contributed by atoms with Crippen LogP contribution in [0.15, 0.2) is 11.6 Å². The second-order valence-corrected chi connectivity index (χ2v) is 14.6. The lowest BCUT2D eigenvalue weighted by molar-refractivity contribution is -0.0581. The van der Waals surface area contributed by atoms with Crippen LogP contribution in [-0.4, -0.2) is 51.3 Å². The van der Waals surface area contributed by atoms with Crippen LogP contribution in [0.2, 0.25) is 0 Å². The highest BCUT2D eigenvalue weighted by Crippen LogP contribution is 2.67. The maximum atomic E-state index is 12.4. The number of nitrogens with zero attached hydrogens (tertiary/aromatic N) is 1. The lowest BCUT2D eigenvalue weighted by atomic mass is 9.47. The Morgan fingerprint density at radius 2 is 1.79 bits per heavy atom. The predicted octanol–water partition coefficient (Wildman–Crippen LogP) is 7.65. The van der Waals surface area contributed by atoms with Gasteiger partial charge in [0.15, 0.2) is 0 Å². The first-order valence-corrected chi connectivity index (χ1v) is 16.4. The Labute approximate surface area is 241 Å². The van der Waals surface area contributed by atoms with Crippen molar-refractivity contribution in [1.29, 1.82) is 0 Å². The first-order chi connectivity index (χ1) is 18.5. The monoisotopic (exact) mass is 545 g/mol. The van der Waals surface area contributed by atoms with Gasteiger partial charge in [0, 0.05) is 13.0 Å². The van der Waals surface area contributed by atoms with E-state index in [1.807, 2.05) is 0 Å². The van der Waals surface area contributed by atoms with E-state index >= 15 is 0 Å². The molecule has 1 amide bonds. The molecule has 3 saturated carbocycles. The SMILES string of the molecule is CC(C)CCCC(C)C1CCC2C3CC=C4CC(OC(=O)NCCCN(C)C)CCC4(C)C3CCC12C.CN. The van der Waals surface area contributed by atoms with E-state index in [9.17, 15) is 4.79 Å². The molecule has 4 aliphatic carbocycles. The number of nitrogens with two attached hydrogens (primary N) is 1. The lowest BCUT2D eigenvalue weighted by Gasteiger charge is -2.58. The minimum Gasteiger partial charge on any atom is -0.446 e. The molecule has 0 aromatic carbocycles. The summed E-state index contributed by atoms with van der Waals surface area (Å²) < 4.78 is 5.90. The van der Waals surface area contributed by atoms with E-state index in [0.717, 1.165) is 61.3 Å². The fourth-order valence-electron chi connectivity index (χ4n) is 9.53. The third-order valence-electron chi connectivity index (χ3n) is 11.6. The standard InChI is InChI=1S/C33H58N2O2.CH5N/c1-23(2)10-8-11-24(3)28-14-15-29-27-13-12-25-22-26(37-31(36)34-20-9-21-35(6)7)16-18-32(25,4)30(27)17-19-33(28,29)5;1-2/h12,23-24,26-30H,8-11,13-22H2,1-7H3,(H,34,36);2H2,1H3.